The Labute approximate surface area is 253 Å². The molecule has 0 bridgehead atoms. The van der Waals surface area contributed by atoms with E-state index in [9.17, 15) is 19.2 Å². The number of esters is 3. The highest BCUT2D eigenvalue weighted by atomic mass is 32.2. The van der Waals surface area contributed by atoms with E-state index in [-0.39, 0.29) is 29.7 Å². The van der Waals surface area contributed by atoms with Crippen molar-refractivity contribution in [3.8, 4) is 11.5 Å². The average Bonchev–Trinajstić information content (AvgIpc) is 3.04. The second-order valence-electron chi connectivity index (χ2n) is 9.24. The molecule has 43 heavy (non-hydrogen) atoms. The fourth-order valence-corrected chi connectivity index (χ4v) is 4.49. The van der Waals surface area contributed by atoms with Crippen LogP contribution in [-0.2, 0) is 44.5 Å². The largest absolute Gasteiger partial charge is 0.493 e. The SMILES string of the molecule is CCOCC(=O)OCOc1c(OC)ccnc1C(=O)NC1COC(=O)C(Cc2ccccc2)C(OCSC)C(C)OC1=O. The van der Waals surface area contributed by atoms with Gasteiger partial charge in [-0.2, -0.15) is 0 Å². The molecule has 3 rings (SSSR count). The Bertz CT molecular complexity index is 1230. The van der Waals surface area contributed by atoms with Crippen LogP contribution in [-0.4, -0.2) is 93.0 Å². The Hall–Kier alpha value is -3.88. The standard InChI is InChI=1S/C29H36N2O11S/c1-5-37-15-23(32)39-16-40-26-22(36-3)11-12-30-24(26)27(33)31-21-14-38-28(34)20(13-19-9-7-6-8-10-19)25(41-17-43-4)18(2)42-29(21)35/h6-12,18,20-21,25H,5,13-17H2,1-4H3,(H,31,33). The van der Waals surface area contributed by atoms with Crippen LogP contribution in [0, 0.1) is 5.92 Å². The fraction of sp³-hybridized carbons (Fsp3) is 0.483. The number of pyridine rings is 1. The van der Waals surface area contributed by atoms with E-state index in [0.717, 1.165) is 5.56 Å². The molecule has 2 aromatic rings. The van der Waals surface area contributed by atoms with Crippen molar-refractivity contribution in [1.29, 1.82) is 0 Å². The van der Waals surface area contributed by atoms with Gasteiger partial charge in [0, 0.05) is 18.9 Å². The monoisotopic (exact) mass is 620 g/mol. The zero-order chi connectivity index (χ0) is 31.2. The molecule has 1 aromatic carbocycles. The third-order valence-corrected chi connectivity index (χ3v) is 6.65. The van der Waals surface area contributed by atoms with Crippen molar-refractivity contribution in [2.75, 3.05) is 45.9 Å². The third-order valence-electron chi connectivity index (χ3n) is 6.27. The van der Waals surface area contributed by atoms with Crippen LogP contribution in [0.5, 0.6) is 11.5 Å². The molecule has 1 aromatic heterocycles. The molecule has 4 unspecified atom stereocenters. The Morgan fingerprint density at radius 3 is 2.60 bits per heavy atom. The number of thioether (sulfide) groups is 1. The number of methoxy groups -OCH3 is 1. The molecule has 0 spiro atoms. The minimum Gasteiger partial charge on any atom is -0.493 e. The molecular weight excluding hydrogens is 584 g/mol. The lowest BCUT2D eigenvalue weighted by Gasteiger charge is -2.29. The molecule has 0 aliphatic carbocycles. The smallest absolute Gasteiger partial charge is 0.334 e. The van der Waals surface area contributed by atoms with Gasteiger partial charge in [-0.1, -0.05) is 30.3 Å². The van der Waals surface area contributed by atoms with Crippen molar-refractivity contribution in [2.24, 2.45) is 5.92 Å². The van der Waals surface area contributed by atoms with E-state index in [4.69, 9.17) is 33.2 Å². The number of cyclic esters (lactones) is 2. The first-order chi connectivity index (χ1) is 20.8. The maximum Gasteiger partial charge on any atom is 0.334 e. The first-order valence-electron chi connectivity index (χ1n) is 13.5. The number of carbonyl (C=O) groups excluding carboxylic acids is 4. The van der Waals surface area contributed by atoms with E-state index >= 15 is 0 Å². The van der Waals surface area contributed by atoms with Crippen molar-refractivity contribution in [3.63, 3.8) is 0 Å². The summed E-state index contributed by atoms with van der Waals surface area (Å²) in [6, 6.07) is 9.41. The highest BCUT2D eigenvalue weighted by molar-refractivity contribution is 7.98. The predicted octanol–water partition coefficient (Wildman–Crippen LogP) is 2.16. The molecule has 1 fully saturated rings. The number of amides is 1. The fourth-order valence-electron chi connectivity index (χ4n) is 4.20. The number of nitrogens with zero attached hydrogens (tertiary/aromatic N) is 1. The minimum atomic E-state index is -1.37. The average molecular weight is 621 g/mol. The quantitative estimate of drug-likeness (QED) is 0.186. The van der Waals surface area contributed by atoms with Crippen LogP contribution < -0.4 is 14.8 Å². The van der Waals surface area contributed by atoms with Crippen LogP contribution in [0.4, 0.5) is 0 Å². The van der Waals surface area contributed by atoms with Crippen molar-refractivity contribution in [2.45, 2.75) is 38.5 Å². The first-order valence-corrected chi connectivity index (χ1v) is 14.9. The Morgan fingerprint density at radius 1 is 1.14 bits per heavy atom. The summed E-state index contributed by atoms with van der Waals surface area (Å²) in [7, 11) is 1.35. The molecule has 1 amide bonds. The van der Waals surface area contributed by atoms with Gasteiger partial charge in [0.05, 0.1) is 19.0 Å². The van der Waals surface area contributed by atoms with Crippen molar-refractivity contribution in [3.05, 3.63) is 53.9 Å². The molecule has 1 aliphatic rings. The van der Waals surface area contributed by atoms with Crippen LogP contribution >= 0.6 is 11.8 Å². The zero-order valence-electron chi connectivity index (χ0n) is 24.4. The van der Waals surface area contributed by atoms with Gasteiger partial charge in [0.25, 0.3) is 5.91 Å². The van der Waals surface area contributed by atoms with Gasteiger partial charge in [0.15, 0.2) is 23.2 Å². The molecule has 14 heteroatoms. The van der Waals surface area contributed by atoms with Crippen molar-refractivity contribution in [1.82, 2.24) is 10.3 Å². The van der Waals surface area contributed by atoms with Crippen LogP contribution in [0.3, 0.4) is 0 Å². The van der Waals surface area contributed by atoms with Gasteiger partial charge in [-0.3, -0.25) is 9.59 Å². The second-order valence-corrected chi connectivity index (χ2v) is 10.1. The molecule has 1 N–H and O–H groups in total. The normalized spacial score (nSPS) is 20.5. The van der Waals surface area contributed by atoms with Gasteiger partial charge in [0.2, 0.25) is 6.79 Å². The van der Waals surface area contributed by atoms with Crippen LogP contribution in [0.15, 0.2) is 42.6 Å². The molecule has 0 saturated carbocycles. The third kappa shape index (κ3) is 9.83. The zero-order valence-corrected chi connectivity index (χ0v) is 25.3. The lowest BCUT2D eigenvalue weighted by atomic mass is 9.91. The van der Waals surface area contributed by atoms with E-state index in [1.807, 2.05) is 36.6 Å². The molecule has 1 saturated heterocycles. The molecule has 0 radical (unpaired) electrons. The number of hydrogen-bond acceptors (Lipinski definition) is 13. The highest BCUT2D eigenvalue weighted by Crippen LogP contribution is 2.30. The summed E-state index contributed by atoms with van der Waals surface area (Å²) in [6.45, 7) is 2.36. The predicted molar refractivity (Wildman–Crippen MR) is 154 cm³/mol. The number of rotatable bonds is 14. The lowest BCUT2D eigenvalue weighted by Crippen LogP contribution is -2.46. The molecule has 4 atom stereocenters. The molecule has 2 heterocycles. The number of nitrogens with one attached hydrogen (secondary N) is 1. The number of hydrogen-bond donors (Lipinski definition) is 1. The highest BCUT2D eigenvalue weighted by Gasteiger charge is 2.40. The minimum absolute atomic E-state index is 0.121. The summed E-state index contributed by atoms with van der Waals surface area (Å²) in [6.07, 6.45) is 1.79. The molecular formula is C29H36N2O11S. The van der Waals surface area contributed by atoms with E-state index < -0.39 is 61.4 Å². The van der Waals surface area contributed by atoms with Crippen molar-refractivity contribution < 1.29 is 52.3 Å². The maximum atomic E-state index is 13.3. The number of aromatic nitrogens is 1. The number of benzene rings is 1. The molecule has 234 valence electrons. The van der Waals surface area contributed by atoms with Crippen LogP contribution in [0.1, 0.15) is 29.9 Å². The lowest BCUT2D eigenvalue weighted by molar-refractivity contribution is -0.162. The van der Waals surface area contributed by atoms with E-state index in [1.54, 1.807) is 13.8 Å². The van der Waals surface area contributed by atoms with Crippen LogP contribution in [0.25, 0.3) is 0 Å². The Balaban J connectivity index is 1.78. The summed E-state index contributed by atoms with van der Waals surface area (Å²) in [5, 5.41) is 2.50. The molecule has 1 aliphatic heterocycles. The summed E-state index contributed by atoms with van der Waals surface area (Å²) in [4.78, 5) is 55.7. The summed E-state index contributed by atoms with van der Waals surface area (Å²) in [5.74, 6) is -3.49. The summed E-state index contributed by atoms with van der Waals surface area (Å²) in [5.41, 5.74) is 0.611. The van der Waals surface area contributed by atoms with E-state index in [2.05, 4.69) is 10.3 Å². The van der Waals surface area contributed by atoms with Gasteiger partial charge >= 0.3 is 17.9 Å². The van der Waals surface area contributed by atoms with Gasteiger partial charge in [-0.15, -0.1) is 11.8 Å². The Morgan fingerprint density at radius 2 is 1.91 bits per heavy atom. The van der Waals surface area contributed by atoms with Gasteiger partial charge in [0.1, 0.15) is 25.4 Å². The Kier molecular flexibility index (Phi) is 13.5. The summed E-state index contributed by atoms with van der Waals surface area (Å²) >= 11 is 1.41. The van der Waals surface area contributed by atoms with E-state index in [0.29, 0.717) is 13.0 Å². The number of ether oxygens (including phenoxy) is 7. The summed E-state index contributed by atoms with van der Waals surface area (Å²) < 4.78 is 37.9. The van der Waals surface area contributed by atoms with E-state index in [1.165, 1.54) is 31.1 Å². The first kappa shape index (κ1) is 33.6. The number of carbonyl (C=O) groups is 4. The van der Waals surface area contributed by atoms with Gasteiger partial charge in [-0.05, 0) is 32.1 Å². The maximum absolute atomic E-state index is 13.3. The van der Waals surface area contributed by atoms with Gasteiger partial charge in [-0.25, -0.2) is 14.6 Å². The van der Waals surface area contributed by atoms with Crippen LogP contribution in [0.2, 0.25) is 0 Å². The van der Waals surface area contributed by atoms with Gasteiger partial charge < -0.3 is 38.5 Å². The molecule has 13 nitrogen and oxygen atoms in total. The topological polar surface area (TPSA) is 158 Å². The second kappa shape index (κ2) is 17.3. The van der Waals surface area contributed by atoms with Crippen molar-refractivity contribution >= 4 is 35.6 Å².